The maximum absolute atomic E-state index is 12.8. The van der Waals surface area contributed by atoms with Crippen molar-refractivity contribution >= 4 is 0 Å². The molecule has 3 aromatic carbocycles. The van der Waals surface area contributed by atoms with E-state index >= 15 is 0 Å². The Balaban J connectivity index is 1.68. The van der Waals surface area contributed by atoms with Gasteiger partial charge in [0.2, 0.25) is 0 Å². The summed E-state index contributed by atoms with van der Waals surface area (Å²) in [7, 11) is 1.81. The third-order valence-electron chi connectivity index (χ3n) is 5.23. The fourth-order valence-corrected chi connectivity index (χ4v) is 3.23. The fourth-order valence-electron chi connectivity index (χ4n) is 3.23. The molecule has 32 heavy (non-hydrogen) atoms. The van der Waals surface area contributed by atoms with Crippen LogP contribution >= 0.6 is 0 Å². The van der Waals surface area contributed by atoms with Crippen molar-refractivity contribution in [3.05, 3.63) is 95.6 Å². The van der Waals surface area contributed by atoms with Gasteiger partial charge in [-0.05, 0) is 54.4 Å². The van der Waals surface area contributed by atoms with E-state index in [-0.39, 0.29) is 12.1 Å². The van der Waals surface area contributed by atoms with E-state index < -0.39 is 11.7 Å². The number of hydrazine groups is 1. The highest BCUT2D eigenvalue weighted by Gasteiger charge is 2.30. The fraction of sp³-hybridized carbons (Fsp3) is 0.280. The van der Waals surface area contributed by atoms with Crippen molar-refractivity contribution in [1.29, 1.82) is 0 Å². The first-order valence-corrected chi connectivity index (χ1v) is 10.3. The van der Waals surface area contributed by atoms with Crippen molar-refractivity contribution in [1.82, 2.24) is 5.01 Å². The van der Waals surface area contributed by atoms with Crippen molar-refractivity contribution in [3.63, 3.8) is 0 Å². The number of halogens is 3. The molecule has 3 rings (SSSR count). The topological polar surface area (TPSA) is 47.7 Å². The van der Waals surface area contributed by atoms with Crippen LogP contribution in [0, 0.1) is 0 Å². The Morgan fingerprint density at radius 3 is 2.16 bits per heavy atom. The van der Waals surface area contributed by atoms with Gasteiger partial charge < -0.3 is 9.47 Å². The predicted octanol–water partition coefficient (Wildman–Crippen LogP) is 6.16. The van der Waals surface area contributed by atoms with Crippen LogP contribution in [0.2, 0.25) is 0 Å². The number of nitrogens with zero attached hydrogens (tertiary/aromatic N) is 1. The lowest BCUT2D eigenvalue weighted by molar-refractivity contribution is -0.137. The van der Waals surface area contributed by atoms with Crippen LogP contribution in [-0.2, 0) is 6.18 Å². The number of rotatable bonds is 9. The number of nitrogens with two attached hydrogens (primary N) is 1. The molecule has 0 aliphatic rings. The second-order valence-corrected chi connectivity index (χ2v) is 7.59. The van der Waals surface area contributed by atoms with Crippen LogP contribution in [0.15, 0.2) is 78.9 Å². The molecule has 2 N–H and O–H groups in total. The zero-order valence-corrected chi connectivity index (χ0v) is 18.0. The molecule has 0 radical (unpaired) electrons. The van der Waals surface area contributed by atoms with Crippen LogP contribution < -0.4 is 15.3 Å². The number of hydrogen-bond donors (Lipinski definition) is 1. The number of benzene rings is 3. The molecule has 0 fully saturated rings. The molecular formula is C25H27F3N2O2. The summed E-state index contributed by atoms with van der Waals surface area (Å²) in [6, 6.07) is 22.0. The molecule has 0 saturated carbocycles. The molecule has 0 spiro atoms. The van der Waals surface area contributed by atoms with Gasteiger partial charge in [-0.25, -0.2) is 5.01 Å². The monoisotopic (exact) mass is 444 g/mol. The summed E-state index contributed by atoms with van der Waals surface area (Å²) in [5.74, 6) is 6.93. The van der Waals surface area contributed by atoms with Crippen LogP contribution in [0.5, 0.6) is 11.5 Å². The first-order chi connectivity index (χ1) is 15.2. The van der Waals surface area contributed by atoms with Gasteiger partial charge in [0.1, 0.15) is 17.6 Å². The smallest absolute Gasteiger partial charge is 0.416 e. The molecule has 2 atom stereocenters. The average molecular weight is 444 g/mol. The summed E-state index contributed by atoms with van der Waals surface area (Å²) in [6.45, 7) is 2.37. The van der Waals surface area contributed by atoms with Gasteiger partial charge in [-0.15, -0.1) is 0 Å². The molecule has 0 aromatic heterocycles. The highest BCUT2D eigenvalue weighted by Crippen LogP contribution is 2.32. The minimum atomic E-state index is -4.38. The molecule has 0 aliphatic carbocycles. The molecule has 0 bridgehead atoms. The van der Waals surface area contributed by atoms with E-state index in [1.54, 1.807) is 12.1 Å². The van der Waals surface area contributed by atoms with Crippen molar-refractivity contribution < 1.29 is 22.6 Å². The molecule has 0 saturated heterocycles. The van der Waals surface area contributed by atoms with Gasteiger partial charge in [0.15, 0.2) is 0 Å². The zero-order valence-electron chi connectivity index (χ0n) is 18.0. The van der Waals surface area contributed by atoms with Crippen LogP contribution in [0.3, 0.4) is 0 Å². The van der Waals surface area contributed by atoms with E-state index in [0.29, 0.717) is 18.8 Å². The minimum Gasteiger partial charge on any atom is -0.493 e. The summed E-state index contributed by atoms with van der Waals surface area (Å²) < 4.78 is 50.5. The normalized spacial score (nSPS) is 13.6. The zero-order chi connectivity index (χ0) is 23.1. The van der Waals surface area contributed by atoms with Gasteiger partial charge in [-0.2, -0.15) is 13.2 Å². The SMILES string of the molecule is CC(c1cccc(OCCC(Oc2ccc(C(F)(F)F)cc2)c2ccccc2)c1)N(C)N. The first-order valence-electron chi connectivity index (χ1n) is 10.3. The molecule has 3 aromatic rings. The Labute approximate surface area is 186 Å². The predicted molar refractivity (Wildman–Crippen MR) is 118 cm³/mol. The quantitative estimate of drug-likeness (QED) is 0.317. The maximum Gasteiger partial charge on any atom is 0.416 e. The highest BCUT2D eigenvalue weighted by molar-refractivity contribution is 5.31. The Bertz CT molecular complexity index is 976. The summed E-state index contributed by atoms with van der Waals surface area (Å²) in [4.78, 5) is 0. The minimum absolute atomic E-state index is 0.0404. The van der Waals surface area contributed by atoms with Gasteiger partial charge in [-0.1, -0.05) is 42.5 Å². The van der Waals surface area contributed by atoms with Gasteiger partial charge >= 0.3 is 6.18 Å². The van der Waals surface area contributed by atoms with E-state index in [1.165, 1.54) is 12.1 Å². The first kappa shape index (κ1) is 23.6. The van der Waals surface area contributed by atoms with Crippen LogP contribution in [-0.4, -0.2) is 18.7 Å². The van der Waals surface area contributed by atoms with Gasteiger partial charge in [0, 0.05) is 19.5 Å². The van der Waals surface area contributed by atoms with Crippen LogP contribution in [0.4, 0.5) is 13.2 Å². The van der Waals surface area contributed by atoms with Gasteiger partial charge in [-0.3, -0.25) is 5.84 Å². The van der Waals surface area contributed by atoms with Crippen molar-refractivity contribution in [2.45, 2.75) is 31.7 Å². The largest absolute Gasteiger partial charge is 0.493 e. The summed E-state index contributed by atoms with van der Waals surface area (Å²) in [5.41, 5.74) is 1.25. The third-order valence-corrected chi connectivity index (χ3v) is 5.23. The van der Waals surface area contributed by atoms with E-state index in [4.69, 9.17) is 15.3 Å². The van der Waals surface area contributed by atoms with Gasteiger partial charge in [0.05, 0.1) is 12.2 Å². The van der Waals surface area contributed by atoms with Crippen LogP contribution in [0.1, 0.15) is 42.2 Å². The molecular weight excluding hydrogens is 417 g/mol. The van der Waals surface area contributed by atoms with Crippen LogP contribution in [0.25, 0.3) is 0 Å². The van der Waals surface area contributed by atoms with Gasteiger partial charge in [0.25, 0.3) is 0 Å². The Morgan fingerprint density at radius 1 is 0.875 bits per heavy atom. The second-order valence-electron chi connectivity index (χ2n) is 7.59. The standard InChI is InChI=1S/C25H27F3N2O2/c1-18(30(2)29)20-9-6-10-23(17-20)31-16-15-24(19-7-4-3-5-8-19)32-22-13-11-21(12-14-22)25(26,27)28/h3-14,17-18,24H,15-16,29H2,1-2H3. The molecule has 0 heterocycles. The molecule has 7 heteroatoms. The Hall–Kier alpha value is -3.03. The molecule has 2 unspecified atom stereocenters. The van der Waals surface area contributed by atoms with E-state index in [0.717, 1.165) is 29.0 Å². The third kappa shape index (κ3) is 6.48. The number of hydrogen-bond acceptors (Lipinski definition) is 4. The van der Waals surface area contributed by atoms with E-state index in [2.05, 4.69) is 0 Å². The summed E-state index contributed by atoms with van der Waals surface area (Å²) in [5, 5.41) is 1.63. The summed E-state index contributed by atoms with van der Waals surface area (Å²) in [6.07, 6.45) is -4.23. The van der Waals surface area contributed by atoms with Crippen molar-refractivity contribution in [2.75, 3.05) is 13.7 Å². The Kier molecular flexibility index (Phi) is 7.77. The van der Waals surface area contributed by atoms with E-state index in [9.17, 15) is 13.2 Å². The molecule has 4 nitrogen and oxygen atoms in total. The average Bonchev–Trinajstić information content (AvgIpc) is 2.78. The highest BCUT2D eigenvalue weighted by atomic mass is 19.4. The maximum atomic E-state index is 12.8. The second kappa shape index (κ2) is 10.5. The van der Waals surface area contributed by atoms with Crippen molar-refractivity contribution in [3.8, 4) is 11.5 Å². The van der Waals surface area contributed by atoms with E-state index in [1.807, 2.05) is 61.5 Å². The van der Waals surface area contributed by atoms with Crippen molar-refractivity contribution in [2.24, 2.45) is 5.84 Å². The summed E-state index contributed by atoms with van der Waals surface area (Å²) >= 11 is 0. The molecule has 0 amide bonds. The number of alkyl halides is 3. The number of ether oxygens (including phenoxy) is 2. The lowest BCUT2D eigenvalue weighted by Gasteiger charge is -2.21. The Morgan fingerprint density at radius 2 is 1.53 bits per heavy atom. The lowest BCUT2D eigenvalue weighted by Crippen LogP contribution is -2.29. The lowest BCUT2D eigenvalue weighted by atomic mass is 10.1. The molecule has 170 valence electrons. The molecule has 0 aliphatic heterocycles.